The number of aromatic nitrogens is 2. The van der Waals surface area contributed by atoms with Crippen molar-refractivity contribution >= 4 is 5.69 Å². The predicted molar refractivity (Wildman–Crippen MR) is 94.6 cm³/mol. The highest BCUT2D eigenvalue weighted by molar-refractivity contribution is 5.56. The molecule has 3 aromatic rings. The number of nitro groups is 1. The van der Waals surface area contributed by atoms with Crippen LogP contribution in [0.1, 0.15) is 11.5 Å². The summed E-state index contributed by atoms with van der Waals surface area (Å²) in [5.74, 6) is 1.71. The molecule has 0 spiro atoms. The summed E-state index contributed by atoms with van der Waals surface area (Å²) < 4.78 is 10.4. The van der Waals surface area contributed by atoms with Gasteiger partial charge in [0.2, 0.25) is 11.7 Å². The minimum absolute atomic E-state index is 0.0247. The number of hydrogen-bond donors (Lipinski definition) is 0. The van der Waals surface area contributed by atoms with E-state index in [1.807, 2.05) is 31.3 Å². The van der Waals surface area contributed by atoms with Gasteiger partial charge in [-0.05, 0) is 36.9 Å². The minimum Gasteiger partial charge on any atom is -0.497 e. The van der Waals surface area contributed by atoms with Crippen LogP contribution in [0.3, 0.4) is 0 Å². The van der Waals surface area contributed by atoms with E-state index in [1.165, 1.54) is 12.1 Å². The molecule has 0 radical (unpaired) electrons. The molecule has 0 fully saturated rings. The molecule has 0 unspecified atom stereocenters. The lowest BCUT2D eigenvalue weighted by Gasteiger charge is -2.14. The first-order valence-corrected chi connectivity index (χ1v) is 7.94. The Morgan fingerprint density at radius 3 is 2.42 bits per heavy atom. The van der Waals surface area contributed by atoms with Crippen molar-refractivity contribution < 1.29 is 14.2 Å². The Kier molecular flexibility index (Phi) is 5.23. The van der Waals surface area contributed by atoms with Crippen molar-refractivity contribution in [2.24, 2.45) is 0 Å². The van der Waals surface area contributed by atoms with Crippen molar-refractivity contribution in [3.63, 3.8) is 0 Å². The lowest BCUT2D eigenvalue weighted by molar-refractivity contribution is -0.384. The Morgan fingerprint density at radius 1 is 1.12 bits per heavy atom. The summed E-state index contributed by atoms with van der Waals surface area (Å²) in [5, 5.41) is 14.6. The van der Waals surface area contributed by atoms with Crippen molar-refractivity contribution in [1.29, 1.82) is 0 Å². The van der Waals surface area contributed by atoms with Gasteiger partial charge in [-0.2, -0.15) is 4.98 Å². The van der Waals surface area contributed by atoms with Crippen molar-refractivity contribution in [3.8, 4) is 17.1 Å². The molecule has 2 aromatic carbocycles. The number of benzene rings is 2. The number of non-ortho nitro benzene ring substituents is 1. The average molecular weight is 354 g/mol. The molecule has 0 aliphatic rings. The van der Waals surface area contributed by atoms with Gasteiger partial charge in [0.25, 0.3) is 5.69 Å². The van der Waals surface area contributed by atoms with Crippen LogP contribution in [0, 0.1) is 10.1 Å². The van der Waals surface area contributed by atoms with Gasteiger partial charge in [-0.1, -0.05) is 17.3 Å². The third-order valence-electron chi connectivity index (χ3n) is 3.82. The highest BCUT2D eigenvalue weighted by atomic mass is 16.6. The maximum atomic E-state index is 10.7. The summed E-state index contributed by atoms with van der Waals surface area (Å²) in [6.45, 7) is 1.21. The van der Waals surface area contributed by atoms with Gasteiger partial charge in [-0.15, -0.1) is 0 Å². The molecule has 8 heteroatoms. The van der Waals surface area contributed by atoms with E-state index in [9.17, 15) is 10.1 Å². The Morgan fingerprint density at radius 2 is 1.81 bits per heavy atom. The highest BCUT2D eigenvalue weighted by Gasteiger charge is 2.12. The van der Waals surface area contributed by atoms with Gasteiger partial charge in [-0.3, -0.25) is 15.0 Å². The fourth-order valence-electron chi connectivity index (χ4n) is 2.50. The Labute approximate surface area is 150 Å². The quantitative estimate of drug-likeness (QED) is 0.474. The van der Waals surface area contributed by atoms with E-state index in [-0.39, 0.29) is 5.69 Å². The molecule has 8 nitrogen and oxygen atoms in total. The van der Waals surface area contributed by atoms with Crippen molar-refractivity contribution in [3.05, 3.63) is 70.1 Å². The number of hydrogen-bond acceptors (Lipinski definition) is 7. The fourth-order valence-corrected chi connectivity index (χ4v) is 2.50. The molecule has 0 aliphatic heterocycles. The number of methoxy groups -OCH3 is 1. The molecule has 0 atom stereocenters. The van der Waals surface area contributed by atoms with Gasteiger partial charge < -0.3 is 9.26 Å². The molecule has 0 saturated carbocycles. The number of ether oxygens (including phenoxy) is 1. The van der Waals surface area contributed by atoms with Crippen LogP contribution in [0.2, 0.25) is 0 Å². The molecule has 1 heterocycles. The highest BCUT2D eigenvalue weighted by Crippen LogP contribution is 2.20. The number of rotatable bonds is 7. The Hall–Kier alpha value is -3.26. The topological polar surface area (TPSA) is 94.5 Å². The second-order valence-corrected chi connectivity index (χ2v) is 5.84. The fraction of sp³-hybridized carbons (Fsp3) is 0.222. The van der Waals surface area contributed by atoms with Crippen LogP contribution >= 0.6 is 0 Å². The first-order valence-electron chi connectivity index (χ1n) is 7.94. The maximum absolute atomic E-state index is 10.7. The molecule has 134 valence electrons. The summed E-state index contributed by atoms with van der Waals surface area (Å²) in [7, 11) is 3.60. The van der Waals surface area contributed by atoms with E-state index < -0.39 is 4.92 Å². The lowest BCUT2D eigenvalue weighted by atomic mass is 10.2. The van der Waals surface area contributed by atoms with E-state index in [1.54, 1.807) is 19.2 Å². The molecule has 26 heavy (non-hydrogen) atoms. The zero-order valence-corrected chi connectivity index (χ0v) is 14.5. The molecule has 0 N–H and O–H groups in total. The van der Waals surface area contributed by atoms with Crippen LogP contribution in [0.25, 0.3) is 11.4 Å². The van der Waals surface area contributed by atoms with Gasteiger partial charge in [-0.25, -0.2) is 0 Å². The minimum atomic E-state index is -0.445. The molecule has 0 amide bonds. The maximum Gasteiger partial charge on any atom is 0.269 e. The second-order valence-electron chi connectivity index (χ2n) is 5.84. The lowest BCUT2D eigenvalue weighted by Crippen LogP contribution is -2.17. The predicted octanol–water partition coefficient (Wildman–Crippen LogP) is 3.29. The van der Waals surface area contributed by atoms with E-state index >= 15 is 0 Å². The first kappa shape index (κ1) is 17.6. The van der Waals surface area contributed by atoms with Crippen LogP contribution in [-0.2, 0) is 13.1 Å². The van der Waals surface area contributed by atoms with Gasteiger partial charge in [0, 0.05) is 24.2 Å². The Bertz CT molecular complexity index is 875. The van der Waals surface area contributed by atoms with Crippen LogP contribution in [0.15, 0.2) is 53.1 Å². The molecule has 3 rings (SSSR count). The summed E-state index contributed by atoms with van der Waals surface area (Å²) in [4.78, 5) is 16.7. The van der Waals surface area contributed by atoms with Crippen LogP contribution in [-0.4, -0.2) is 34.1 Å². The second kappa shape index (κ2) is 7.75. The zero-order valence-electron chi connectivity index (χ0n) is 14.5. The largest absolute Gasteiger partial charge is 0.497 e. The van der Waals surface area contributed by atoms with E-state index in [4.69, 9.17) is 9.26 Å². The normalized spacial score (nSPS) is 10.9. The van der Waals surface area contributed by atoms with Crippen LogP contribution in [0.4, 0.5) is 5.69 Å². The summed E-state index contributed by atoms with van der Waals surface area (Å²) >= 11 is 0. The molecular formula is C18H18N4O4. The monoisotopic (exact) mass is 354 g/mol. The SMILES string of the molecule is COc1ccc(CN(C)Cc2nc(-c3ccc([N+](=O)[O-])cc3)no2)cc1. The zero-order chi connectivity index (χ0) is 18.5. The molecular weight excluding hydrogens is 336 g/mol. The number of nitro benzene ring substituents is 1. The first-order chi connectivity index (χ1) is 12.5. The van der Waals surface area contributed by atoms with Crippen molar-refractivity contribution in [2.45, 2.75) is 13.1 Å². The van der Waals surface area contributed by atoms with E-state index in [0.29, 0.717) is 23.8 Å². The van der Waals surface area contributed by atoms with Crippen molar-refractivity contribution in [1.82, 2.24) is 15.0 Å². The summed E-state index contributed by atoms with van der Waals surface area (Å²) in [6.07, 6.45) is 0. The van der Waals surface area contributed by atoms with Crippen LogP contribution in [0.5, 0.6) is 5.75 Å². The van der Waals surface area contributed by atoms with E-state index in [2.05, 4.69) is 15.0 Å². The van der Waals surface area contributed by atoms with Gasteiger partial charge in [0.05, 0.1) is 18.6 Å². The third kappa shape index (κ3) is 4.22. The van der Waals surface area contributed by atoms with Crippen LogP contribution < -0.4 is 4.74 Å². The van der Waals surface area contributed by atoms with Gasteiger partial charge in [0.15, 0.2) is 0 Å². The standard InChI is InChI=1S/C18H18N4O4/c1-21(11-13-3-9-16(25-2)10-4-13)12-17-19-18(20-26-17)14-5-7-15(8-6-14)22(23)24/h3-10H,11-12H2,1-2H3. The number of nitrogens with zero attached hydrogens (tertiary/aromatic N) is 4. The molecule has 1 aromatic heterocycles. The van der Waals surface area contributed by atoms with Gasteiger partial charge >= 0.3 is 0 Å². The molecule has 0 saturated heterocycles. The smallest absolute Gasteiger partial charge is 0.269 e. The molecule has 0 aliphatic carbocycles. The summed E-state index contributed by atoms with van der Waals surface area (Å²) in [5.41, 5.74) is 1.84. The van der Waals surface area contributed by atoms with E-state index in [0.717, 1.165) is 17.9 Å². The summed E-state index contributed by atoms with van der Waals surface area (Å²) in [6, 6.07) is 13.9. The van der Waals surface area contributed by atoms with Crippen molar-refractivity contribution in [2.75, 3.05) is 14.2 Å². The third-order valence-corrected chi connectivity index (χ3v) is 3.82. The Balaban J connectivity index is 1.62. The average Bonchev–Trinajstić information content (AvgIpc) is 3.10. The molecule has 0 bridgehead atoms. The van der Waals surface area contributed by atoms with Gasteiger partial charge in [0.1, 0.15) is 5.75 Å².